The second kappa shape index (κ2) is 5.92. The number of carbonyl (C=O) groups excluding carboxylic acids is 3. The van der Waals surface area contributed by atoms with Crippen LogP contribution in [0.2, 0.25) is 0 Å². The Labute approximate surface area is 105 Å². The second-order valence-corrected chi connectivity index (χ2v) is 4.58. The van der Waals surface area contributed by atoms with E-state index in [-0.39, 0.29) is 44.4 Å². The Bertz CT molecular complexity index is 337. The summed E-state index contributed by atoms with van der Waals surface area (Å²) in [6, 6.07) is 0. The van der Waals surface area contributed by atoms with Crippen LogP contribution in [0.3, 0.4) is 0 Å². The molecule has 1 aliphatic heterocycles. The van der Waals surface area contributed by atoms with Gasteiger partial charge in [0.2, 0.25) is 17.7 Å². The Hall–Kier alpha value is -1.47. The van der Waals surface area contributed by atoms with Crippen LogP contribution in [0.1, 0.15) is 19.8 Å². The van der Waals surface area contributed by atoms with Crippen molar-refractivity contribution in [1.29, 1.82) is 0 Å². The second-order valence-electron chi connectivity index (χ2n) is 4.58. The summed E-state index contributed by atoms with van der Waals surface area (Å²) in [4.78, 5) is 35.0. The number of carbonyl (C=O) groups is 3. The highest BCUT2D eigenvalue weighted by Crippen LogP contribution is 2.10. The van der Waals surface area contributed by atoms with Crippen molar-refractivity contribution in [3.05, 3.63) is 0 Å². The molecule has 0 spiro atoms. The number of rotatable bonds is 6. The Morgan fingerprint density at radius 1 is 1.44 bits per heavy atom. The van der Waals surface area contributed by atoms with Gasteiger partial charge < -0.3 is 15.2 Å². The van der Waals surface area contributed by atoms with E-state index in [1.165, 1.54) is 14.0 Å². The van der Waals surface area contributed by atoms with Gasteiger partial charge in [-0.25, -0.2) is 0 Å². The zero-order valence-corrected chi connectivity index (χ0v) is 10.6. The highest BCUT2D eigenvalue weighted by Gasteiger charge is 2.31. The SMILES string of the molecule is COCC(C)(O)CNC(=O)CN1C(=O)CCC1=O. The minimum atomic E-state index is -1.18. The smallest absolute Gasteiger partial charge is 0.240 e. The first kappa shape index (κ1) is 14.6. The van der Waals surface area contributed by atoms with Gasteiger partial charge in [0.05, 0.1) is 6.61 Å². The van der Waals surface area contributed by atoms with Crippen molar-refractivity contribution >= 4 is 17.7 Å². The third-order valence-corrected chi connectivity index (χ3v) is 2.58. The molecule has 18 heavy (non-hydrogen) atoms. The molecular weight excluding hydrogens is 240 g/mol. The van der Waals surface area contributed by atoms with Crippen LogP contribution in [0, 0.1) is 0 Å². The van der Waals surface area contributed by atoms with Crippen molar-refractivity contribution in [2.75, 3.05) is 26.8 Å². The summed E-state index contributed by atoms with van der Waals surface area (Å²) in [6.07, 6.45) is 0.320. The fraction of sp³-hybridized carbons (Fsp3) is 0.727. The molecule has 1 saturated heterocycles. The van der Waals surface area contributed by atoms with E-state index in [1.807, 2.05) is 0 Å². The molecule has 0 aliphatic carbocycles. The first-order valence-electron chi connectivity index (χ1n) is 5.67. The largest absolute Gasteiger partial charge is 0.386 e. The van der Waals surface area contributed by atoms with Crippen LogP contribution in [0.4, 0.5) is 0 Å². The highest BCUT2D eigenvalue weighted by atomic mass is 16.5. The average molecular weight is 258 g/mol. The maximum Gasteiger partial charge on any atom is 0.240 e. The van der Waals surface area contributed by atoms with Crippen LogP contribution >= 0.6 is 0 Å². The lowest BCUT2D eigenvalue weighted by Gasteiger charge is -2.23. The topological polar surface area (TPSA) is 95.9 Å². The lowest BCUT2D eigenvalue weighted by Crippen LogP contribution is -2.47. The summed E-state index contributed by atoms with van der Waals surface area (Å²) < 4.78 is 4.79. The summed E-state index contributed by atoms with van der Waals surface area (Å²) >= 11 is 0. The van der Waals surface area contributed by atoms with Crippen molar-refractivity contribution in [2.24, 2.45) is 0 Å². The van der Waals surface area contributed by atoms with E-state index in [9.17, 15) is 19.5 Å². The first-order valence-corrected chi connectivity index (χ1v) is 5.67. The third-order valence-electron chi connectivity index (χ3n) is 2.58. The van der Waals surface area contributed by atoms with Gasteiger partial charge in [-0.05, 0) is 6.92 Å². The number of imide groups is 1. The minimum Gasteiger partial charge on any atom is -0.386 e. The zero-order valence-electron chi connectivity index (χ0n) is 10.6. The predicted octanol–water partition coefficient (Wildman–Crippen LogP) is -1.35. The molecule has 1 aliphatic rings. The molecule has 1 unspecified atom stereocenters. The van der Waals surface area contributed by atoms with Crippen molar-refractivity contribution in [3.8, 4) is 0 Å². The van der Waals surface area contributed by atoms with Gasteiger partial charge >= 0.3 is 0 Å². The summed E-state index contributed by atoms with van der Waals surface area (Å²) in [5, 5.41) is 12.2. The van der Waals surface area contributed by atoms with Gasteiger partial charge in [-0.15, -0.1) is 0 Å². The van der Waals surface area contributed by atoms with Crippen molar-refractivity contribution in [2.45, 2.75) is 25.4 Å². The molecule has 0 aromatic heterocycles. The van der Waals surface area contributed by atoms with Crippen molar-refractivity contribution < 1.29 is 24.2 Å². The van der Waals surface area contributed by atoms with Crippen LogP contribution in [0.15, 0.2) is 0 Å². The van der Waals surface area contributed by atoms with E-state index in [2.05, 4.69) is 5.32 Å². The molecule has 0 bridgehead atoms. The third kappa shape index (κ3) is 4.08. The van der Waals surface area contributed by atoms with Gasteiger partial charge in [0.15, 0.2) is 0 Å². The average Bonchev–Trinajstić information content (AvgIpc) is 2.58. The molecule has 7 nitrogen and oxygen atoms in total. The van der Waals surface area contributed by atoms with E-state index in [1.54, 1.807) is 0 Å². The number of nitrogens with one attached hydrogen (secondary N) is 1. The molecule has 7 heteroatoms. The van der Waals surface area contributed by atoms with Crippen LogP contribution in [-0.4, -0.2) is 60.1 Å². The van der Waals surface area contributed by atoms with Crippen LogP contribution in [0.25, 0.3) is 0 Å². The molecule has 1 heterocycles. The molecule has 102 valence electrons. The molecule has 0 aromatic rings. The van der Waals surface area contributed by atoms with Crippen molar-refractivity contribution in [3.63, 3.8) is 0 Å². The van der Waals surface area contributed by atoms with Gasteiger partial charge in [-0.3, -0.25) is 19.3 Å². The van der Waals surface area contributed by atoms with Gasteiger partial charge in [0.1, 0.15) is 12.1 Å². The van der Waals surface area contributed by atoms with Gasteiger partial charge in [0.25, 0.3) is 0 Å². The number of hydrogen-bond acceptors (Lipinski definition) is 5. The molecule has 1 fully saturated rings. The predicted molar refractivity (Wildman–Crippen MR) is 61.5 cm³/mol. The fourth-order valence-electron chi connectivity index (χ4n) is 1.65. The Morgan fingerprint density at radius 3 is 2.50 bits per heavy atom. The molecule has 0 radical (unpaired) electrons. The summed E-state index contributed by atoms with van der Waals surface area (Å²) in [5.74, 6) is -1.15. The summed E-state index contributed by atoms with van der Waals surface area (Å²) in [7, 11) is 1.44. The lowest BCUT2D eigenvalue weighted by atomic mass is 10.1. The normalized spacial score (nSPS) is 18.9. The number of amides is 3. The van der Waals surface area contributed by atoms with Crippen LogP contribution in [0.5, 0.6) is 0 Å². The molecule has 2 N–H and O–H groups in total. The van der Waals surface area contributed by atoms with Gasteiger partial charge in [-0.2, -0.15) is 0 Å². The molecule has 0 saturated carbocycles. The number of methoxy groups -OCH3 is 1. The maximum atomic E-state index is 11.5. The van der Waals surface area contributed by atoms with E-state index in [0.29, 0.717) is 0 Å². The summed E-state index contributed by atoms with van der Waals surface area (Å²) in [5.41, 5.74) is -1.18. The van der Waals surface area contributed by atoms with E-state index in [4.69, 9.17) is 4.74 Å². The van der Waals surface area contributed by atoms with Gasteiger partial charge in [0, 0.05) is 26.5 Å². The van der Waals surface area contributed by atoms with Crippen molar-refractivity contribution in [1.82, 2.24) is 10.2 Å². The quantitative estimate of drug-likeness (QED) is 0.574. The Kier molecular flexibility index (Phi) is 4.80. The maximum absolute atomic E-state index is 11.5. The van der Waals surface area contributed by atoms with E-state index >= 15 is 0 Å². The molecule has 0 aromatic carbocycles. The van der Waals surface area contributed by atoms with E-state index < -0.39 is 11.5 Å². The minimum absolute atomic E-state index is 0.00407. The molecule has 1 atom stereocenters. The number of nitrogens with zero attached hydrogens (tertiary/aromatic N) is 1. The zero-order chi connectivity index (χ0) is 13.8. The number of aliphatic hydroxyl groups is 1. The number of likely N-dealkylation sites (tertiary alicyclic amines) is 1. The summed E-state index contributed by atoms with van der Waals surface area (Å²) in [6.45, 7) is 1.30. The highest BCUT2D eigenvalue weighted by molar-refractivity contribution is 6.04. The number of hydrogen-bond donors (Lipinski definition) is 2. The first-order chi connectivity index (χ1) is 8.35. The molecule has 3 amide bonds. The van der Waals surface area contributed by atoms with Gasteiger partial charge in [-0.1, -0.05) is 0 Å². The number of ether oxygens (including phenoxy) is 1. The monoisotopic (exact) mass is 258 g/mol. The Balaban J connectivity index is 2.38. The lowest BCUT2D eigenvalue weighted by molar-refractivity contribution is -0.142. The van der Waals surface area contributed by atoms with Crippen LogP contribution < -0.4 is 5.32 Å². The fourth-order valence-corrected chi connectivity index (χ4v) is 1.65. The molecule has 1 rings (SSSR count). The van der Waals surface area contributed by atoms with Crippen LogP contribution in [-0.2, 0) is 19.1 Å². The molecular formula is C11H18N2O5. The van der Waals surface area contributed by atoms with E-state index in [0.717, 1.165) is 4.90 Å². The Morgan fingerprint density at radius 2 is 2.00 bits per heavy atom. The standard InChI is InChI=1S/C11H18N2O5/c1-11(17,7-18-2)6-12-8(14)5-13-9(15)3-4-10(13)16/h17H,3-7H2,1-2H3,(H,12,14).